The van der Waals surface area contributed by atoms with Gasteiger partial charge in [0.1, 0.15) is 0 Å². The fourth-order valence-electron chi connectivity index (χ4n) is 2.53. The summed E-state index contributed by atoms with van der Waals surface area (Å²) in [4.78, 5) is 14.3. The summed E-state index contributed by atoms with van der Waals surface area (Å²) >= 11 is 0. The van der Waals surface area contributed by atoms with Gasteiger partial charge in [-0.15, -0.1) is 24.8 Å². The van der Waals surface area contributed by atoms with E-state index in [2.05, 4.69) is 24.1 Å². The molecule has 0 aromatic heterocycles. The first-order valence-corrected chi connectivity index (χ1v) is 7.30. The molecule has 2 unspecified atom stereocenters. The minimum absolute atomic E-state index is 0. The molecule has 0 radical (unpaired) electrons. The highest BCUT2D eigenvalue weighted by molar-refractivity contribution is 5.85. The van der Waals surface area contributed by atoms with E-state index >= 15 is 0 Å². The SMILES string of the molecule is COC(CN)CC(=O)NCC1CCCN(C(C)C)C1.Cl.Cl. The normalized spacial score (nSPS) is 20.3. The van der Waals surface area contributed by atoms with Crippen molar-refractivity contribution in [3.63, 3.8) is 0 Å². The van der Waals surface area contributed by atoms with Gasteiger partial charge in [-0.3, -0.25) is 4.79 Å². The van der Waals surface area contributed by atoms with Crippen LogP contribution in [0.25, 0.3) is 0 Å². The first-order chi connectivity index (χ1) is 9.06. The smallest absolute Gasteiger partial charge is 0.222 e. The van der Waals surface area contributed by atoms with Crippen LogP contribution in [0.5, 0.6) is 0 Å². The first kappa shape index (κ1) is 23.2. The zero-order valence-electron chi connectivity index (χ0n) is 13.3. The second-order valence-electron chi connectivity index (χ2n) is 5.70. The summed E-state index contributed by atoms with van der Waals surface area (Å²) in [5.41, 5.74) is 5.51. The molecule has 1 aliphatic heterocycles. The third kappa shape index (κ3) is 8.83. The molecule has 1 heterocycles. The zero-order chi connectivity index (χ0) is 14.3. The van der Waals surface area contributed by atoms with Crippen LogP contribution in [0, 0.1) is 5.92 Å². The lowest BCUT2D eigenvalue weighted by atomic mass is 9.97. The summed E-state index contributed by atoms with van der Waals surface area (Å²) in [5.74, 6) is 0.609. The third-order valence-corrected chi connectivity index (χ3v) is 3.88. The quantitative estimate of drug-likeness (QED) is 0.733. The fraction of sp³-hybridized carbons (Fsp3) is 0.929. The highest BCUT2D eigenvalue weighted by atomic mass is 35.5. The molecule has 7 heteroatoms. The largest absolute Gasteiger partial charge is 0.380 e. The molecule has 5 nitrogen and oxygen atoms in total. The molecule has 1 aliphatic rings. The van der Waals surface area contributed by atoms with E-state index in [1.165, 1.54) is 19.4 Å². The van der Waals surface area contributed by atoms with Gasteiger partial charge in [-0.05, 0) is 39.2 Å². The van der Waals surface area contributed by atoms with Crippen LogP contribution in [-0.2, 0) is 9.53 Å². The average Bonchev–Trinajstić information content (AvgIpc) is 2.42. The van der Waals surface area contributed by atoms with E-state index in [-0.39, 0.29) is 36.8 Å². The topological polar surface area (TPSA) is 67.6 Å². The molecule has 0 bridgehead atoms. The van der Waals surface area contributed by atoms with E-state index in [0.717, 1.165) is 13.1 Å². The molecule has 0 saturated carbocycles. The molecule has 3 N–H and O–H groups in total. The maximum absolute atomic E-state index is 11.8. The molecule has 1 saturated heterocycles. The number of carbonyl (C=O) groups is 1. The van der Waals surface area contributed by atoms with Gasteiger partial charge in [0, 0.05) is 32.8 Å². The molecule has 128 valence electrons. The van der Waals surface area contributed by atoms with E-state index in [1.54, 1.807) is 7.11 Å². The zero-order valence-corrected chi connectivity index (χ0v) is 15.0. The number of likely N-dealkylation sites (tertiary alicyclic amines) is 1. The Morgan fingerprint density at radius 3 is 2.62 bits per heavy atom. The highest BCUT2D eigenvalue weighted by Gasteiger charge is 2.22. The van der Waals surface area contributed by atoms with Crippen molar-refractivity contribution in [2.45, 2.75) is 45.3 Å². The molecule has 0 aromatic rings. The van der Waals surface area contributed by atoms with Crippen molar-refractivity contribution in [1.82, 2.24) is 10.2 Å². The van der Waals surface area contributed by atoms with Crippen LogP contribution >= 0.6 is 24.8 Å². The number of hydrogen-bond donors (Lipinski definition) is 2. The number of ether oxygens (including phenoxy) is 1. The highest BCUT2D eigenvalue weighted by Crippen LogP contribution is 2.17. The van der Waals surface area contributed by atoms with Gasteiger partial charge in [0.25, 0.3) is 0 Å². The number of halogens is 2. The van der Waals surface area contributed by atoms with Crippen molar-refractivity contribution in [2.24, 2.45) is 11.7 Å². The number of nitrogens with zero attached hydrogens (tertiary/aromatic N) is 1. The summed E-state index contributed by atoms with van der Waals surface area (Å²) in [6.07, 6.45) is 2.61. The molecule has 0 aromatic carbocycles. The van der Waals surface area contributed by atoms with Crippen LogP contribution in [0.3, 0.4) is 0 Å². The summed E-state index contributed by atoms with van der Waals surface area (Å²) in [7, 11) is 1.59. The van der Waals surface area contributed by atoms with Crippen LogP contribution in [0.15, 0.2) is 0 Å². The molecule has 1 amide bonds. The van der Waals surface area contributed by atoms with Crippen molar-refractivity contribution < 1.29 is 9.53 Å². The third-order valence-electron chi connectivity index (χ3n) is 3.88. The maximum Gasteiger partial charge on any atom is 0.222 e. The minimum Gasteiger partial charge on any atom is -0.380 e. The number of nitrogens with two attached hydrogens (primary N) is 1. The molecule has 1 rings (SSSR count). The lowest BCUT2D eigenvalue weighted by molar-refractivity contribution is -0.123. The number of piperidine rings is 1. The van der Waals surface area contributed by atoms with Gasteiger partial charge in [0.2, 0.25) is 5.91 Å². The number of amides is 1. The summed E-state index contributed by atoms with van der Waals surface area (Å²) in [5, 5.41) is 3.01. The van der Waals surface area contributed by atoms with Gasteiger partial charge in [-0.1, -0.05) is 0 Å². The van der Waals surface area contributed by atoms with E-state index in [1.807, 2.05) is 0 Å². The number of nitrogens with one attached hydrogen (secondary N) is 1. The maximum atomic E-state index is 11.8. The van der Waals surface area contributed by atoms with Gasteiger partial charge in [0.05, 0.1) is 12.5 Å². The second-order valence-corrected chi connectivity index (χ2v) is 5.70. The Morgan fingerprint density at radius 2 is 2.10 bits per heavy atom. The van der Waals surface area contributed by atoms with E-state index in [0.29, 0.717) is 24.9 Å². The van der Waals surface area contributed by atoms with Crippen molar-refractivity contribution >= 4 is 30.7 Å². The molecule has 2 atom stereocenters. The van der Waals surface area contributed by atoms with E-state index in [9.17, 15) is 4.79 Å². The summed E-state index contributed by atoms with van der Waals surface area (Å²) in [6.45, 7) is 7.87. The van der Waals surface area contributed by atoms with Gasteiger partial charge in [0.15, 0.2) is 0 Å². The first-order valence-electron chi connectivity index (χ1n) is 7.30. The van der Waals surface area contributed by atoms with E-state index in [4.69, 9.17) is 10.5 Å². The molecular weight excluding hydrogens is 313 g/mol. The molecular formula is C14H31Cl2N3O2. The standard InChI is InChI=1S/C14H29N3O2.2ClH/c1-11(2)17-6-4-5-12(10-17)9-16-14(18)7-13(8-15)19-3;;/h11-13H,4-10,15H2,1-3H3,(H,16,18);2*1H. The van der Waals surface area contributed by atoms with Crippen LogP contribution in [0.1, 0.15) is 33.1 Å². The lowest BCUT2D eigenvalue weighted by Gasteiger charge is -2.35. The molecule has 1 fully saturated rings. The summed E-state index contributed by atoms with van der Waals surface area (Å²) < 4.78 is 5.12. The van der Waals surface area contributed by atoms with E-state index < -0.39 is 0 Å². The Morgan fingerprint density at radius 1 is 1.43 bits per heavy atom. The number of carbonyl (C=O) groups excluding carboxylic acids is 1. The number of hydrogen-bond acceptors (Lipinski definition) is 4. The Kier molecular flexibility index (Phi) is 13.8. The van der Waals surface area contributed by atoms with Crippen LogP contribution < -0.4 is 11.1 Å². The van der Waals surface area contributed by atoms with Gasteiger partial charge >= 0.3 is 0 Å². The summed E-state index contributed by atoms with van der Waals surface area (Å²) in [6, 6.07) is 0.591. The monoisotopic (exact) mass is 343 g/mol. The number of rotatable bonds is 7. The Balaban J connectivity index is 0. The van der Waals surface area contributed by atoms with Crippen LogP contribution in [-0.4, -0.2) is 56.2 Å². The Hall–Kier alpha value is -0.0700. The predicted molar refractivity (Wildman–Crippen MR) is 91.4 cm³/mol. The van der Waals surface area contributed by atoms with Gasteiger partial charge in [-0.25, -0.2) is 0 Å². The Labute approximate surface area is 141 Å². The molecule has 21 heavy (non-hydrogen) atoms. The van der Waals surface area contributed by atoms with Crippen LogP contribution in [0.4, 0.5) is 0 Å². The van der Waals surface area contributed by atoms with Crippen molar-refractivity contribution in [2.75, 3.05) is 33.3 Å². The van der Waals surface area contributed by atoms with Crippen molar-refractivity contribution in [3.05, 3.63) is 0 Å². The van der Waals surface area contributed by atoms with Crippen molar-refractivity contribution in [1.29, 1.82) is 0 Å². The lowest BCUT2D eigenvalue weighted by Crippen LogP contribution is -2.44. The van der Waals surface area contributed by atoms with Crippen molar-refractivity contribution in [3.8, 4) is 0 Å². The molecule has 0 aliphatic carbocycles. The van der Waals surface area contributed by atoms with Gasteiger partial charge < -0.3 is 20.7 Å². The molecule has 0 spiro atoms. The van der Waals surface area contributed by atoms with Gasteiger partial charge in [-0.2, -0.15) is 0 Å². The van der Waals surface area contributed by atoms with Crippen LogP contribution in [0.2, 0.25) is 0 Å². The second kappa shape index (κ2) is 12.5. The fourth-order valence-corrected chi connectivity index (χ4v) is 2.53. The minimum atomic E-state index is -0.168. The average molecular weight is 344 g/mol. The predicted octanol–water partition coefficient (Wildman–Crippen LogP) is 1.43. The Bertz CT molecular complexity index is 277. The number of methoxy groups -OCH3 is 1.